The molecule has 0 aromatic rings. The number of hydrogen-bond acceptors (Lipinski definition) is 2. The summed E-state index contributed by atoms with van der Waals surface area (Å²) in [5.41, 5.74) is 0. The molecule has 1 aliphatic rings. The van der Waals surface area contributed by atoms with Crippen LogP contribution in [0.5, 0.6) is 0 Å². The van der Waals surface area contributed by atoms with Crippen molar-refractivity contribution in [1.82, 2.24) is 0 Å². The molecule has 2 nitrogen and oxygen atoms in total. The fraction of sp³-hybridized carbons (Fsp3) is 0.778. The molecule has 0 atom stereocenters. The van der Waals surface area contributed by atoms with Crippen LogP contribution < -0.4 is 0 Å². The molecule has 1 N–H and O–H groups in total. The summed E-state index contributed by atoms with van der Waals surface area (Å²) in [6.45, 7) is 2.27. The number of aliphatic hydroxyl groups is 1. The summed E-state index contributed by atoms with van der Waals surface area (Å²) < 4.78 is 4.85. The van der Waals surface area contributed by atoms with Crippen LogP contribution in [0.25, 0.3) is 0 Å². The first-order valence-corrected chi connectivity index (χ1v) is 8.59. The minimum Gasteiger partial charge on any atom is -0.512 e. The van der Waals surface area contributed by atoms with Crippen molar-refractivity contribution < 1.29 is 9.84 Å². The zero-order valence-corrected chi connectivity index (χ0v) is 13.2. The summed E-state index contributed by atoms with van der Waals surface area (Å²) in [5.74, 6) is 1.27. The summed E-state index contributed by atoms with van der Waals surface area (Å²) in [7, 11) is 0. The van der Waals surface area contributed by atoms with Crippen molar-refractivity contribution in [2.24, 2.45) is 0 Å². The van der Waals surface area contributed by atoms with Gasteiger partial charge in [0, 0.05) is 12.5 Å². The molecule has 1 heterocycles. The summed E-state index contributed by atoms with van der Waals surface area (Å²) in [4.78, 5) is 0. The molecule has 1 aliphatic heterocycles. The zero-order valence-electron chi connectivity index (χ0n) is 13.2. The van der Waals surface area contributed by atoms with E-state index in [4.69, 9.17) is 4.74 Å². The second-order valence-electron chi connectivity index (χ2n) is 5.91. The quantitative estimate of drug-likeness (QED) is 0.295. The molecule has 0 saturated heterocycles. The van der Waals surface area contributed by atoms with Gasteiger partial charge >= 0.3 is 0 Å². The maximum Gasteiger partial charge on any atom is 0.165 e. The lowest BCUT2D eigenvalue weighted by atomic mass is 10.0. The number of allylic oxidation sites excluding steroid dienone is 2. The fourth-order valence-electron chi connectivity index (χ4n) is 2.49. The van der Waals surface area contributed by atoms with Gasteiger partial charge in [0.25, 0.3) is 0 Å². The van der Waals surface area contributed by atoms with Crippen molar-refractivity contribution in [3.63, 3.8) is 0 Å². The maximum atomic E-state index is 9.56. The van der Waals surface area contributed by atoms with Gasteiger partial charge in [0.1, 0.15) is 6.26 Å². The molecular formula is C18H32O2. The molecule has 2 heteroatoms. The van der Waals surface area contributed by atoms with Crippen molar-refractivity contribution in [3.05, 3.63) is 23.9 Å². The van der Waals surface area contributed by atoms with E-state index in [1.165, 1.54) is 70.6 Å². The third kappa shape index (κ3) is 11.0. The monoisotopic (exact) mass is 280 g/mol. The van der Waals surface area contributed by atoms with E-state index in [1.807, 2.05) is 0 Å². The van der Waals surface area contributed by atoms with E-state index in [9.17, 15) is 5.11 Å². The fourth-order valence-corrected chi connectivity index (χ4v) is 2.49. The van der Waals surface area contributed by atoms with Crippen molar-refractivity contribution in [2.75, 3.05) is 0 Å². The highest BCUT2D eigenvalue weighted by molar-refractivity contribution is 5.21. The molecule has 0 aliphatic carbocycles. The number of aliphatic hydroxyl groups excluding tert-OH is 1. The van der Waals surface area contributed by atoms with Crippen LogP contribution in [0.15, 0.2) is 23.9 Å². The summed E-state index contributed by atoms with van der Waals surface area (Å²) in [6, 6.07) is 0. The predicted molar refractivity (Wildman–Crippen MR) is 85.6 cm³/mol. The lowest BCUT2D eigenvalue weighted by molar-refractivity contribution is 0.376. The molecule has 0 radical (unpaired) electrons. The summed E-state index contributed by atoms with van der Waals surface area (Å²) in [6.07, 6.45) is 20.4. The average Bonchev–Trinajstić information content (AvgIpc) is 3.24. The van der Waals surface area contributed by atoms with Crippen LogP contribution in [0.2, 0.25) is 0 Å². The second-order valence-corrected chi connectivity index (χ2v) is 5.91. The molecule has 116 valence electrons. The Hall–Kier alpha value is -0.920. The minimum atomic E-state index is 0.459. The molecule has 0 spiro atoms. The number of ether oxygens (including phenoxy) is 1. The largest absolute Gasteiger partial charge is 0.512 e. The van der Waals surface area contributed by atoms with Crippen LogP contribution in [-0.2, 0) is 4.74 Å². The zero-order chi connectivity index (χ0) is 14.5. The minimum absolute atomic E-state index is 0.459. The highest BCUT2D eigenvalue weighted by Gasteiger charge is 2.07. The predicted octanol–water partition coefficient (Wildman–Crippen LogP) is 6.39. The Kier molecular flexibility index (Phi) is 10.2. The first kappa shape index (κ1) is 17.1. The SMILES string of the molecule is CCCCCCCCCCCCCCC(O)=CC1=CO1. The molecule has 0 aromatic heterocycles. The Balaban J connectivity index is 1.73. The maximum absolute atomic E-state index is 9.56. The molecule has 0 amide bonds. The van der Waals surface area contributed by atoms with E-state index in [0.29, 0.717) is 5.76 Å². The average molecular weight is 280 g/mol. The molecule has 0 aromatic carbocycles. The van der Waals surface area contributed by atoms with Crippen molar-refractivity contribution in [3.8, 4) is 0 Å². The van der Waals surface area contributed by atoms with Crippen molar-refractivity contribution in [2.45, 2.75) is 90.4 Å². The van der Waals surface area contributed by atoms with Gasteiger partial charge in [0.15, 0.2) is 5.76 Å². The van der Waals surface area contributed by atoms with E-state index in [2.05, 4.69) is 6.92 Å². The second kappa shape index (κ2) is 11.9. The van der Waals surface area contributed by atoms with Crippen molar-refractivity contribution in [1.29, 1.82) is 0 Å². The Morgan fingerprint density at radius 3 is 1.80 bits per heavy atom. The van der Waals surface area contributed by atoms with E-state index in [1.54, 1.807) is 12.3 Å². The molecule has 0 unspecified atom stereocenters. The molecule has 1 rings (SSSR count). The number of unbranched alkanes of at least 4 members (excludes halogenated alkanes) is 11. The van der Waals surface area contributed by atoms with E-state index in [-0.39, 0.29) is 0 Å². The van der Waals surface area contributed by atoms with E-state index in [0.717, 1.165) is 18.6 Å². The Labute approximate surface area is 124 Å². The highest BCUT2D eigenvalue weighted by Crippen LogP contribution is 2.18. The van der Waals surface area contributed by atoms with Gasteiger partial charge < -0.3 is 9.84 Å². The van der Waals surface area contributed by atoms with Crippen molar-refractivity contribution >= 4 is 0 Å². The highest BCUT2D eigenvalue weighted by atomic mass is 16.5. The standard InChI is InChI=1S/C18H32O2/c1-2-3-4-5-6-7-8-9-10-11-12-13-14-17(19)15-18-16-20-18/h15-16,19H,2-14H2,1H3. The van der Waals surface area contributed by atoms with Crippen LogP contribution in [0, 0.1) is 0 Å². The topological polar surface area (TPSA) is 32.8 Å². The molecule has 0 fully saturated rings. The smallest absolute Gasteiger partial charge is 0.165 e. The van der Waals surface area contributed by atoms with Gasteiger partial charge in [-0.1, -0.05) is 77.6 Å². The van der Waals surface area contributed by atoms with Gasteiger partial charge in [-0.2, -0.15) is 0 Å². The summed E-state index contributed by atoms with van der Waals surface area (Å²) >= 11 is 0. The van der Waals surface area contributed by atoms with Crippen LogP contribution in [-0.4, -0.2) is 5.11 Å². The van der Waals surface area contributed by atoms with Gasteiger partial charge in [0.05, 0.1) is 5.76 Å². The normalized spacial score (nSPS) is 14.1. The molecule has 0 saturated carbocycles. The van der Waals surface area contributed by atoms with Gasteiger partial charge in [0.2, 0.25) is 0 Å². The molecular weight excluding hydrogens is 248 g/mol. The van der Waals surface area contributed by atoms with Gasteiger partial charge in [-0.15, -0.1) is 0 Å². The van der Waals surface area contributed by atoms with Crippen LogP contribution >= 0.6 is 0 Å². The van der Waals surface area contributed by atoms with E-state index >= 15 is 0 Å². The number of hydrogen-bond donors (Lipinski definition) is 1. The van der Waals surface area contributed by atoms with Crippen LogP contribution in [0.1, 0.15) is 90.4 Å². The van der Waals surface area contributed by atoms with Gasteiger partial charge in [-0.3, -0.25) is 0 Å². The summed E-state index contributed by atoms with van der Waals surface area (Å²) in [5, 5.41) is 9.56. The Morgan fingerprint density at radius 1 is 0.900 bits per heavy atom. The Morgan fingerprint density at radius 2 is 1.35 bits per heavy atom. The Bertz CT molecular complexity index is 292. The van der Waals surface area contributed by atoms with Crippen LogP contribution in [0.3, 0.4) is 0 Å². The lowest BCUT2D eigenvalue weighted by Gasteiger charge is -2.03. The molecule has 20 heavy (non-hydrogen) atoms. The van der Waals surface area contributed by atoms with Crippen LogP contribution in [0.4, 0.5) is 0 Å². The first-order chi connectivity index (χ1) is 9.83. The molecule has 0 bridgehead atoms. The third-order valence-electron chi connectivity index (χ3n) is 3.85. The lowest BCUT2D eigenvalue weighted by Crippen LogP contribution is -1.85. The first-order valence-electron chi connectivity index (χ1n) is 8.59. The van der Waals surface area contributed by atoms with E-state index < -0.39 is 0 Å². The number of rotatable bonds is 14. The third-order valence-corrected chi connectivity index (χ3v) is 3.85. The van der Waals surface area contributed by atoms with Gasteiger partial charge in [-0.25, -0.2) is 0 Å². The van der Waals surface area contributed by atoms with Gasteiger partial charge in [-0.05, 0) is 6.42 Å².